The van der Waals surface area contributed by atoms with Crippen molar-refractivity contribution >= 4 is 27.3 Å². The summed E-state index contributed by atoms with van der Waals surface area (Å²) in [6.07, 6.45) is 1.92. The van der Waals surface area contributed by atoms with E-state index in [1.54, 1.807) is 6.20 Å². The molecule has 20 heavy (non-hydrogen) atoms. The number of hydrogen-bond donors (Lipinski definition) is 2. The summed E-state index contributed by atoms with van der Waals surface area (Å²) in [5.41, 5.74) is 0.582. The average Bonchev–Trinajstić information content (AvgIpc) is 2.84. The van der Waals surface area contributed by atoms with Crippen molar-refractivity contribution in [2.24, 2.45) is 0 Å². The Kier molecular flexibility index (Phi) is 4.61. The van der Waals surface area contributed by atoms with E-state index < -0.39 is 21.3 Å². The van der Waals surface area contributed by atoms with Gasteiger partial charge in [0.2, 0.25) is 5.91 Å². The lowest BCUT2D eigenvalue weighted by Gasteiger charge is -2.13. The maximum atomic E-state index is 11.8. The number of alkyl halides is 1. The van der Waals surface area contributed by atoms with Gasteiger partial charge in [-0.1, -0.05) is 5.21 Å². The molecule has 0 spiro atoms. The number of sulfone groups is 1. The van der Waals surface area contributed by atoms with Crippen molar-refractivity contribution in [2.75, 3.05) is 18.1 Å². The zero-order chi connectivity index (χ0) is 14.8. The number of aliphatic hydroxyl groups excluding tert-OH is 1. The monoisotopic (exact) mass is 322 g/mol. The molecule has 10 heteroatoms. The largest absolute Gasteiger partial charge is 0.396 e. The normalized spacial score (nSPS) is 24.7. The van der Waals surface area contributed by atoms with E-state index >= 15 is 0 Å². The fraction of sp³-hybridized carbons (Fsp3) is 0.700. The minimum absolute atomic E-state index is 0.0429. The van der Waals surface area contributed by atoms with Gasteiger partial charge in [-0.2, -0.15) is 0 Å². The van der Waals surface area contributed by atoms with Crippen LogP contribution in [0.15, 0.2) is 6.20 Å². The van der Waals surface area contributed by atoms with Crippen LogP contribution in [-0.2, 0) is 27.6 Å². The predicted molar refractivity (Wildman–Crippen MR) is 71.0 cm³/mol. The van der Waals surface area contributed by atoms with E-state index in [0.29, 0.717) is 12.1 Å². The average molecular weight is 323 g/mol. The highest BCUT2D eigenvalue weighted by molar-refractivity contribution is 7.91. The van der Waals surface area contributed by atoms with Crippen LogP contribution in [0, 0.1) is 0 Å². The molecule has 2 atom stereocenters. The molecule has 1 aliphatic rings. The molecule has 1 amide bonds. The molecule has 2 rings (SSSR count). The fourth-order valence-corrected chi connectivity index (χ4v) is 4.53. The van der Waals surface area contributed by atoms with E-state index in [9.17, 15) is 13.2 Å². The first-order chi connectivity index (χ1) is 9.39. The first kappa shape index (κ1) is 15.2. The number of aromatic nitrogens is 3. The first-order valence-corrected chi connectivity index (χ1v) is 8.29. The number of amides is 1. The molecule has 1 aromatic rings. The smallest absolute Gasteiger partial charge is 0.242 e. The van der Waals surface area contributed by atoms with Gasteiger partial charge in [0.1, 0.15) is 6.54 Å². The van der Waals surface area contributed by atoms with Gasteiger partial charge in [0, 0.05) is 19.2 Å². The Hall–Kier alpha value is -1.19. The van der Waals surface area contributed by atoms with Crippen LogP contribution in [0.2, 0.25) is 0 Å². The lowest BCUT2D eigenvalue weighted by atomic mass is 10.2. The quantitative estimate of drug-likeness (QED) is 0.627. The topological polar surface area (TPSA) is 114 Å². The van der Waals surface area contributed by atoms with E-state index in [4.69, 9.17) is 16.7 Å². The van der Waals surface area contributed by atoms with Crippen LogP contribution < -0.4 is 5.32 Å². The second-order valence-electron chi connectivity index (χ2n) is 4.65. The number of nitrogens with zero attached hydrogens (tertiary/aromatic N) is 3. The number of carbonyl (C=O) groups excluding carboxylic acids is 1. The zero-order valence-electron chi connectivity index (χ0n) is 10.6. The van der Waals surface area contributed by atoms with Gasteiger partial charge < -0.3 is 10.4 Å². The Morgan fingerprint density at radius 3 is 2.90 bits per heavy atom. The highest BCUT2D eigenvalue weighted by atomic mass is 35.5. The number of rotatable bonds is 5. The molecule has 1 saturated heterocycles. The van der Waals surface area contributed by atoms with Gasteiger partial charge >= 0.3 is 0 Å². The van der Waals surface area contributed by atoms with Crippen LogP contribution in [0.4, 0.5) is 0 Å². The third-order valence-electron chi connectivity index (χ3n) is 2.89. The van der Waals surface area contributed by atoms with Crippen LogP contribution in [0.3, 0.4) is 0 Å². The molecule has 2 heterocycles. The van der Waals surface area contributed by atoms with Gasteiger partial charge in [-0.25, -0.2) is 13.1 Å². The van der Waals surface area contributed by atoms with Crippen molar-refractivity contribution < 1.29 is 18.3 Å². The number of aliphatic hydroxyl groups is 1. The van der Waals surface area contributed by atoms with E-state index in [-0.39, 0.29) is 30.6 Å². The van der Waals surface area contributed by atoms with Crippen molar-refractivity contribution in [1.29, 1.82) is 0 Å². The van der Waals surface area contributed by atoms with Crippen molar-refractivity contribution in [3.05, 3.63) is 11.9 Å². The molecule has 1 aliphatic heterocycles. The number of hydrogen-bond acceptors (Lipinski definition) is 6. The van der Waals surface area contributed by atoms with Gasteiger partial charge in [0.05, 0.1) is 28.6 Å². The number of nitrogens with one attached hydrogen (secondary N) is 1. The summed E-state index contributed by atoms with van der Waals surface area (Å²) < 4.78 is 24.1. The van der Waals surface area contributed by atoms with Gasteiger partial charge in [0.25, 0.3) is 0 Å². The van der Waals surface area contributed by atoms with E-state index in [2.05, 4.69) is 15.6 Å². The molecule has 0 aromatic carbocycles. The Morgan fingerprint density at radius 1 is 1.55 bits per heavy atom. The maximum absolute atomic E-state index is 11.8. The third-order valence-corrected chi connectivity index (χ3v) is 5.26. The molecule has 1 fully saturated rings. The van der Waals surface area contributed by atoms with E-state index in [1.165, 1.54) is 4.68 Å². The van der Waals surface area contributed by atoms with Crippen molar-refractivity contribution in [3.8, 4) is 0 Å². The molecular weight excluding hydrogens is 308 g/mol. The summed E-state index contributed by atoms with van der Waals surface area (Å²) in [4.78, 5) is 11.8. The Bertz CT molecular complexity index is 588. The lowest BCUT2D eigenvalue weighted by Crippen LogP contribution is -2.42. The molecule has 1 aromatic heterocycles. The second-order valence-corrected chi connectivity index (χ2v) is 7.36. The number of carbonyl (C=O) groups is 1. The van der Waals surface area contributed by atoms with Crippen LogP contribution in [0.5, 0.6) is 0 Å². The third kappa shape index (κ3) is 3.90. The van der Waals surface area contributed by atoms with Crippen LogP contribution in [0.1, 0.15) is 5.69 Å². The van der Waals surface area contributed by atoms with Gasteiger partial charge in [-0.3, -0.25) is 4.79 Å². The van der Waals surface area contributed by atoms with E-state index in [1.807, 2.05) is 0 Å². The molecule has 0 radical (unpaired) electrons. The molecule has 112 valence electrons. The highest BCUT2D eigenvalue weighted by Gasteiger charge is 2.37. The molecular formula is C10H15ClN4O4S. The minimum Gasteiger partial charge on any atom is -0.396 e. The first-order valence-electron chi connectivity index (χ1n) is 6.03. The number of halogens is 1. The van der Waals surface area contributed by atoms with Gasteiger partial charge in [-0.05, 0) is 0 Å². The van der Waals surface area contributed by atoms with Crippen molar-refractivity contribution in [1.82, 2.24) is 20.3 Å². The Balaban J connectivity index is 1.89. The Labute approximate surface area is 121 Å². The molecule has 2 N–H and O–H groups in total. The minimum atomic E-state index is -3.18. The SMILES string of the molecule is O=C(Cn1cc(CCO)nn1)NC1CS(=O)(=O)CC1Cl. The highest BCUT2D eigenvalue weighted by Crippen LogP contribution is 2.17. The maximum Gasteiger partial charge on any atom is 0.242 e. The van der Waals surface area contributed by atoms with Crippen LogP contribution >= 0.6 is 11.6 Å². The molecule has 8 nitrogen and oxygen atoms in total. The molecule has 0 saturated carbocycles. The van der Waals surface area contributed by atoms with Crippen molar-refractivity contribution in [2.45, 2.75) is 24.4 Å². The van der Waals surface area contributed by atoms with Crippen molar-refractivity contribution in [3.63, 3.8) is 0 Å². The second kappa shape index (κ2) is 6.06. The lowest BCUT2D eigenvalue weighted by molar-refractivity contribution is -0.122. The zero-order valence-corrected chi connectivity index (χ0v) is 12.1. The van der Waals surface area contributed by atoms with Crippen LogP contribution in [0.25, 0.3) is 0 Å². The summed E-state index contributed by atoms with van der Waals surface area (Å²) in [5, 5.41) is 18.3. The van der Waals surface area contributed by atoms with Gasteiger partial charge in [0.15, 0.2) is 9.84 Å². The molecule has 2 unspecified atom stereocenters. The standard InChI is InChI=1S/C10H15ClN4O4S/c11-8-5-20(18,19)6-9(8)12-10(17)4-15-3-7(1-2-16)13-14-15/h3,8-9,16H,1-2,4-6H2,(H,12,17). The van der Waals surface area contributed by atoms with Crippen LogP contribution in [-0.4, -0.2) is 64.0 Å². The predicted octanol–water partition coefficient (Wildman–Crippen LogP) is -1.67. The van der Waals surface area contributed by atoms with Gasteiger partial charge in [-0.15, -0.1) is 16.7 Å². The fourth-order valence-electron chi connectivity index (χ4n) is 1.98. The molecule has 0 aliphatic carbocycles. The Morgan fingerprint density at radius 2 is 2.30 bits per heavy atom. The molecule has 0 bridgehead atoms. The summed E-state index contributed by atoms with van der Waals surface area (Å²) in [6.45, 7) is -0.114. The summed E-state index contributed by atoms with van der Waals surface area (Å²) in [7, 11) is -3.18. The summed E-state index contributed by atoms with van der Waals surface area (Å²) >= 11 is 5.90. The summed E-state index contributed by atoms with van der Waals surface area (Å²) in [5.74, 6) is -0.637. The van der Waals surface area contributed by atoms with E-state index in [0.717, 1.165) is 0 Å². The summed E-state index contributed by atoms with van der Waals surface area (Å²) in [6, 6.07) is -0.574.